The summed E-state index contributed by atoms with van der Waals surface area (Å²) in [6.45, 7) is 3.13. The minimum absolute atomic E-state index is 0.0431. The van der Waals surface area contributed by atoms with Crippen molar-refractivity contribution in [2.45, 2.75) is 24.7 Å². The molecule has 1 aliphatic rings. The van der Waals surface area contributed by atoms with Gasteiger partial charge in [0.2, 0.25) is 10.0 Å². The van der Waals surface area contributed by atoms with Crippen molar-refractivity contribution in [1.82, 2.24) is 4.31 Å². The Morgan fingerprint density at radius 1 is 1.15 bits per heavy atom. The summed E-state index contributed by atoms with van der Waals surface area (Å²) in [7, 11) is -3.70. The molecule has 1 aliphatic heterocycles. The normalized spacial score (nSPS) is 14.9. The number of amides is 1. The van der Waals surface area contributed by atoms with Crippen molar-refractivity contribution in [2.75, 3.05) is 25.0 Å². The highest BCUT2D eigenvalue weighted by molar-refractivity contribution is 14.1. The van der Waals surface area contributed by atoms with Crippen LogP contribution >= 0.6 is 22.6 Å². The van der Waals surface area contributed by atoms with Crippen LogP contribution in [0.1, 0.15) is 30.1 Å². The molecular formula is C19H21IN2O4S. The fraction of sp³-hybridized carbons (Fsp3) is 0.316. The molecule has 0 aromatic heterocycles. The van der Waals surface area contributed by atoms with Crippen LogP contribution in [0.25, 0.3) is 0 Å². The standard InChI is InChI=1S/C19H21IN2O4S/c1-2-26-17-10-5-14(19(23)21-16-8-6-15(20)7-9-16)13-18(17)27(24,25)22-11-3-4-12-22/h5-10,13H,2-4,11-12H2,1H3,(H,21,23). The Balaban J connectivity index is 1.92. The molecule has 0 atom stereocenters. The molecule has 0 spiro atoms. The van der Waals surface area contributed by atoms with Crippen molar-refractivity contribution in [3.05, 3.63) is 51.6 Å². The Hall–Kier alpha value is -1.65. The maximum Gasteiger partial charge on any atom is 0.255 e. The lowest BCUT2D eigenvalue weighted by molar-refractivity contribution is 0.102. The number of carbonyl (C=O) groups excluding carboxylic acids is 1. The summed E-state index contributed by atoms with van der Waals surface area (Å²) < 4.78 is 34.0. The van der Waals surface area contributed by atoms with Gasteiger partial charge in [-0.1, -0.05) is 0 Å². The molecule has 1 saturated heterocycles. The van der Waals surface area contributed by atoms with Gasteiger partial charge in [-0.05, 0) is 84.8 Å². The van der Waals surface area contributed by atoms with Crippen molar-refractivity contribution >= 4 is 44.2 Å². The first-order valence-electron chi connectivity index (χ1n) is 8.75. The third-order valence-electron chi connectivity index (χ3n) is 4.29. The van der Waals surface area contributed by atoms with Crippen LogP contribution in [0.5, 0.6) is 5.75 Å². The van der Waals surface area contributed by atoms with E-state index in [2.05, 4.69) is 27.9 Å². The zero-order valence-electron chi connectivity index (χ0n) is 14.9. The molecule has 27 heavy (non-hydrogen) atoms. The lowest BCUT2D eigenvalue weighted by Gasteiger charge is -2.19. The molecule has 144 valence electrons. The van der Waals surface area contributed by atoms with E-state index in [4.69, 9.17) is 4.74 Å². The molecule has 2 aromatic rings. The minimum Gasteiger partial charge on any atom is -0.492 e. The molecule has 1 heterocycles. The van der Waals surface area contributed by atoms with Gasteiger partial charge in [-0.15, -0.1) is 0 Å². The number of anilines is 1. The fourth-order valence-corrected chi connectivity index (χ4v) is 4.96. The Kier molecular flexibility index (Phi) is 6.38. The van der Waals surface area contributed by atoms with E-state index >= 15 is 0 Å². The first kappa shape index (κ1) is 20.1. The van der Waals surface area contributed by atoms with E-state index in [1.54, 1.807) is 31.2 Å². The smallest absolute Gasteiger partial charge is 0.255 e. The molecule has 1 fully saturated rings. The number of hydrogen-bond donors (Lipinski definition) is 1. The largest absolute Gasteiger partial charge is 0.492 e. The predicted octanol–water partition coefficient (Wildman–Crippen LogP) is 3.73. The summed E-state index contributed by atoms with van der Waals surface area (Å²) in [5.41, 5.74) is 0.924. The number of sulfonamides is 1. The van der Waals surface area contributed by atoms with Crippen molar-refractivity contribution in [2.24, 2.45) is 0 Å². The SMILES string of the molecule is CCOc1ccc(C(=O)Nc2ccc(I)cc2)cc1S(=O)(=O)N1CCCC1. The van der Waals surface area contributed by atoms with Gasteiger partial charge < -0.3 is 10.1 Å². The molecule has 1 amide bonds. The first-order chi connectivity index (χ1) is 12.9. The molecule has 0 unspecified atom stereocenters. The summed E-state index contributed by atoms with van der Waals surface area (Å²) in [4.78, 5) is 12.6. The monoisotopic (exact) mass is 500 g/mol. The molecule has 0 saturated carbocycles. The lowest BCUT2D eigenvalue weighted by Crippen LogP contribution is -2.28. The van der Waals surface area contributed by atoms with Gasteiger partial charge in [0, 0.05) is 27.9 Å². The van der Waals surface area contributed by atoms with Gasteiger partial charge >= 0.3 is 0 Å². The number of nitrogens with one attached hydrogen (secondary N) is 1. The van der Waals surface area contributed by atoms with E-state index in [1.165, 1.54) is 10.4 Å². The molecule has 0 bridgehead atoms. The molecule has 1 N–H and O–H groups in total. The average molecular weight is 500 g/mol. The Morgan fingerprint density at radius 2 is 1.81 bits per heavy atom. The summed E-state index contributed by atoms with van der Waals surface area (Å²) >= 11 is 2.19. The topological polar surface area (TPSA) is 75.7 Å². The maximum absolute atomic E-state index is 13.0. The summed E-state index contributed by atoms with van der Waals surface area (Å²) in [6, 6.07) is 11.9. The van der Waals surface area contributed by atoms with Crippen LogP contribution < -0.4 is 10.1 Å². The van der Waals surface area contributed by atoms with Gasteiger partial charge in [0.25, 0.3) is 5.91 Å². The number of benzene rings is 2. The van der Waals surface area contributed by atoms with Crippen molar-refractivity contribution in [3.63, 3.8) is 0 Å². The van der Waals surface area contributed by atoms with Crippen molar-refractivity contribution in [1.29, 1.82) is 0 Å². The van der Waals surface area contributed by atoms with Gasteiger partial charge in [-0.25, -0.2) is 8.42 Å². The summed E-state index contributed by atoms with van der Waals surface area (Å²) in [5, 5.41) is 2.79. The number of rotatable bonds is 6. The van der Waals surface area contributed by atoms with Crippen LogP contribution in [-0.2, 0) is 10.0 Å². The quantitative estimate of drug-likeness (QED) is 0.614. The molecule has 8 heteroatoms. The van der Waals surface area contributed by atoms with E-state index in [-0.39, 0.29) is 22.1 Å². The van der Waals surface area contributed by atoms with Crippen molar-refractivity contribution in [3.8, 4) is 5.75 Å². The second-order valence-corrected chi connectivity index (χ2v) is 9.32. The van der Waals surface area contributed by atoms with E-state index in [9.17, 15) is 13.2 Å². The number of hydrogen-bond acceptors (Lipinski definition) is 4. The highest BCUT2D eigenvalue weighted by Gasteiger charge is 2.30. The highest BCUT2D eigenvalue weighted by Crippen LogP contribution is 2.30. The van der Waals surface area contributed by atoms with Gasteiger partial charge in [0.15, 0.2) is 0 Å². The van der Waals surface area contributed by atoms with Gasteiger partial charge in [-0.3, -0.25) is 4.79 Å². The van der Waals surface area contributed by atoms with E-state index in [0.717, 1.165) is 16.4 Å². The van der Waals surface area contributed by atoms with Crippen molar-refractivity contribution < 1.29 is 17.9 Å². The second-order valence-electron chi connectivity index (χ2n) is 6.17. The van der Waals surface area contributed by atoms with E-state index in [0.29, 0.717) is 25.4 Å². The van der Waals surface area contributed by atoms with Crippen LogP contribution in [0.4, 0.5) is 5.69 Å². The molecule has 2 aromatic carbocycles. The van der Waals surface area contributed by atoms with Gasteiger partial charge in [0.05, 0.1) is 6.61 Å². The highest BCUT2D eigenvalue weighted by atomic mass is 127. The maximum atomic E-state index is 13.0. The summed E-state index contributed by atoms with van der Waals surface area (Å²) in [6.07, 6.45) is 1.69. The van der Waals surface area contributed by atoms with Crippen LogP contribution in [-0.4, -0.2) is 38.3 Å². The Morgan fingerprint density at radius 3 is 2.44 bits per heavy atom. The second kappa shape index (κ2) is 8.57. The Labute approximate surface area is 173 Å². The van der Waals surface area contributed by atoms with E-state index < -0.39 is 10.0 Å². The lowest BCUT2D eigenvalue weighted by atomic mass is 10.2. The summed E-state index contributed by atoms with van der Waals surface area (Å²) in [5.74, 6) is -0.0904. The Bertz CT molecular complexity index is 923. The average Bonchev–Trinajstić information content (AvgIpc) is 3.19. The first-order valence-corrected chi connectivity index (χ1v) is 11.3. The van der Waals surface area contributed by atoms with E-state index in [1.807, 2.05) is 12.1 Å². The molecule has 3 rings (SSSR count). The number of halogens is 1. The molecule has 6 nitrogen and oxygen atoms in total. The fourth-order valence-electron chi connectivity index (χ4n) is 2.93. The predicted molar refractivity (Wildman–Crippen MR) is 113 cm³/mol. The van der Waals surface area contributed by atoms with Crippen LogP contribution in [0, 0.1) is 3.57 Å². The molecule has 0 aliphatic carbocycles. The van der Waals surface area contributed by atoms with Crippen LogP contribution in [0.3, 0.4) is 0 Å². The third-order valence-corrected chi connectivity index (χ3v) is 6.93. The zero-order valence-corrected chi connectivity index (χ0v) is 17.9. The molecular weight excluding hydrogens is 479 g/mol. The third kappa shape index (κ3) is 4.61. The number of ether oxygens (including phenoxy) is 1. The molecule has 0 radical (unpaired) electrons. The number of nitrogens with zero attached hydrogens (tertiary/aromatic N) is 1. The number of carbonyl (C=O) groups is 1. The van der Waals surface area contributed by atoms with Gasteiger partial charge in [-0.2, -0.15) is 4.31 Å². The van der Waals surface area contributed by atoms with Crippen LogP contribution in [0.2, 0.25) is 0 Å². The van der Waals surface area contributed by atoms with Crippen LogP contribution in [0.15, 0.2) is 47.4 Å². The minimum atomic E-state index is -3.70. The zero-order chi connectivity index (χ0) is 19.4. The van der Waals surface area contributed by atoms with Gasteiger partial charge in [0.1, 0.15) is 10.6 Å².